The molecule has 0 spiro atoms. The van der Waals surface area contributed by atoms with E-state index in [1.54, 1.807) is 0 Å². The molecule has 0 aliphatic carbocycles. The summed E-state index contributed by atoms with van der Waals surface area (Å²) in [6.45, 7) is 0.484. The molecule has 3 amide bonds. The molecule has 0 radical (unpaired) electrons. The van der Waals surface area contributed by atoms with Gasteiger partial charge in [-0.1, -0.05) is 47.8 Å². The van der Waals surface area contributed by atoms with Crippen LogP contribution in [-0.2, 0) is 9.59 Å². The van der Waals surface area contributed by atoms with Crippen molar-refractivity contribution in [3.63, 3.8) is 0 Å². The number of benzene rings is 1. The van der Waals surface area contributed by atoms with Gasteiger partial charge in [0.05, 0.1) is 22.0 Å². The first-order chi connectivity index (χ1) is 11.6. The van der Waals surface area contributed by atoms with Crippen LogP contribution in [0.4, 0.5) is 4.79 Å². The van der Waals surface area contributed by atoms with Crippen LogP contribution in [0.5, 0.6) is 0 Å². The number of hydrogen-bond donors (Lipinski definition) is 1. The summed E-state index contributed by atoms with van der Waals surface area (Å²) in [7, 11) is 0. The molecule has 1 aliphatic rings. The van der Waals surface area contributed by atoms with Crippen molar-refractivity contribution in [1.29, 1.82) is 0 Å². The highest BCUT2D eigenvalue weighted by molar-refractivity contribution is 8.14. The normalized spacial score (nSPS) is 14.4. The maximum atomic E-state index is 11.9. The second-order valence-corrected chi connectivity index (χ2v) is 7.00. The SMILES string of the molecule is O=C(CSc1ccc2ccccc2n1)NCCN1C(=O)CSC1=O. The van der Waals surface area contributed by atoms with E-state index in [4.69, 9.17) is 0 Å². The fourth-order valence-corrected chi connectivity index (χ4v) is 3.68. The summed E-state index contributed by atoms with van der Waals surface area (Å²) in [4.78, 5) is 40.4. The average molecular weight is 361 g/mol. The minimum absolute atomic E-state index is 0.151. The Morgan fingerprint density at radius 3 is 2.88 bits per heavy atom. The molecule has 1 aromatic carbocycles. The molecule has 124 valence electrons. The molecule has 3 rings (SSSR count). The van der Waals surface area contributed by atoms with Gasteiger partial charge >= 0.3 is 0 Å². The van der Waals surface area contributed by atoms with Gasteiger partial charge in [0.15, 0.2) is 0 Å². The highest BCUT2D eigenvalue weighted by Crippen LogP contribution is 2.20. The van der Waals surface area contributed by atoms with Gasteiger partial charge in [-0.15, -0.1) is 0 Å². The number of pyridine rings is 1. The van der Waals surface area contributed by atoms with Crippen molar-refractivity contribution in [2.24, 2.45) is 0 Å². The number of hydrogen-bond acceptors (Lipinski definition) is 6. The lowest BCUT2D eigenvalue weighted by Gasteiger charge is -2.12. The molecule has 1 fully saturated rings. The quantitative estimate of drug-likeness (QED) is 0.794. The molecule has 8 heteroatoms. The van der Waals surface area contributed by atoms with Crippen LogP contribution < -0.4 is 5.32 Å². The highest BCUT2D eigenvalue weighted by atomic mass is 32.2. The molecule has 1 N–H and O–H groups in total. The lowest BCUT2D eigenvalue weighted by Crippen LogP contribution is -2.38. The monoisotopic (exact) mass is 361 g/mol. The van der Waals surface area contributed by atoms with E-state index in [0.29, 0.717) is 0 Å². The number of fused-ring (bicyclic) bond motifs is 1. The Labute approximate surface area is 147 Å². The smallest absolute Gasteiger partial charge is 0.288 e. The average Bonchev–Trinajstić information content (AvgIpc) is 2.91. The standard InChI is InChI=1S/C16H15N3O3S2/c20-13(17-7-8-19-15(21)10-24-16(19)22)9-23-14-6-5-11-3-1-2-4-12(11)18-14/h1-6H,7-10H2,(H,17,20). The molecule has 6 nitrogen and oxygen atoms in total. The Morgan fingerprint density at radius 1 is 1.25 bits per heavy atom. The zero-order chi connectivity index (χ0) is 16.9. The second kappa shape index (κ2) is 7.67. The Bertz CT molecular complexity index is 781. The number of carbonyl (C=O) groups is 3. The topological polar surface area (TPSA) is 79.4 Å². The van der Waals surface area contributed by atoms with Gasteiger partial charge in [-0.05, 0) is 12.1 Å². The van der Waals surface area contributed by atoms with Gasteiger partial charge in [0.2, 0.25) is 11.8 Å². The molecular weight excluding hydrogens is 346 g/mol. The Morgan fingerprint density at radius 2 is 2.08 bits per heavy atom. The van der Waals surface area contributed by atoms with E-state index in [2.05, 4.69) is 10.3 Å². The van der Waals surface area contributed by atoms with Gasteiger partial charge in [-0.25, -0.2) is 4.98 Å². The van der Waals surface area contributed by atoms with Crippen LogP contribution in [0.15, 0.2) is 41.4 Å². The molecule has 1 aromatic heterocycles. The summed E-state index contributed by atoms with van der Waals surface area (Å²) >= 11 is 2.35. The Kier molecular flexibility index (Phi) is 5.37. The Balaban J connectivity index is 1.45. The summed E-state index contributed by atoms with van der Waals surface area (Å²) in [5.41, 5.74) is 0.895. The number of nitrogens with zero attached hydrogens (tertiary/aromatic N) is 2. The van der Waals surface area contributed by atoms with Crippen LogP contribution in [-0.4, -0.2) is 51.5 Å². The van der Waals surface area contributed by atoms with Crippen molar-refractivity contribution in [2.75, 3.05) is 24.6 Å². The maximum Gasteiger partial charge on any atom is 0.288 e. The molecule has 1 aliphatic heterocycles. The Hall–Kier alpha value is -2.06. The zero-order valence-electron chi connectivity index (χ0n) is 12.7. The molecule has 0 bridgehead atoms. The number of rotatable bonds is 6. The molecule has 0 saturated carbocycles. The third-order valence-corrected chi connectivity index (χ3v) is 5.21. The summed E-state index contributed by atoms with van der Waals surface area (Å²) in [5.74, 6) is 0.0776. The summed E-state index contributed by atoms with van der Waals surface area (Å²) in [6.07, 6.45) is 0. The largest absolute Gasteiger partial charge is 0.354 e. The predicted molar refractivity (Wildman–Crippen MR) is 95.0 cm³/mol. The molecule has 2 aromatic rings. The highest BCUT2D eigenvalue weighted by Gasteiger charge is 2.29. The fraction of sp³-hybridized carbons (Fsp3) is 0.250. The van der Waals surface area contributed by atoms with E-state index in [-0.39, 0.29) is 41.6 Å². The van der Waals surface area contributed by atoms with Gasteiger partial charge in [0.1, 0.15) is 0 Å². The van der Waals surface area contributed by atoms with E-state index in [1.807, 2.05) is 36.4 Å². The number of nitrogens with one attached hydrogen (secondary N) is 1. The lowest BCUT2D eigenvalue weighted by molar-refractivity contribution is -0.125. The van der Waals surface area contributed by atoms with Crippen molar-refractivity contribution >= 4 is 51.5 Å². The lowest BCUT2D eigenvalue weighted by atomic mass is 10.2. The summed E-state index contributed by atoms with van der Waals surface area (Å²) in [6, 6.07) is 11.7. The van der Waals surface area contributed by atoms with Crippen LogP contribution in [0.2, 0.25) is 0 Å². The van der Waals surface area contributed by atoms with Gasteiger partial charge in [0.25, 0.3) is 5.24 Å². The predicted octanol–water partition coefficient (Wildman–Crippen LogP) is 2.14. The van der Waals surface area contributed by atoms with Gasteiger partial charge in [0, 0.05) is 18.5 Å². The van der Waals surface area contributed by atoms with Crippen molar-refractivity contribution in [3.05, 3.63) is 36.4 Å². The first kappa shape index (κ1) is 16.8. The second-order valence-electron chi connectivity index (χ2n) is 5.08. The first-order valence-electron chi connectivity index (χ1n) is 7.36. The molecule has 0 unspecified atom stereocenters. The number of imide groups is 1. The van der Waals surface area contributed by atoms with Crippen LogP contribution in [0.25, 0.3) is 10.9 Å². The fourth-order valence-electron chi connectivity index (χ4n) is 2.22. The third kappa shape index (κ3) is 4.07. The van der Waals surface area contributed by atoms with Crippen molar-refractivity contribution in [3.8, 4) is 0 Å². The number of carbonyl (C=O) groups excluding carboxylic acids is 3. The zero-order valence-corrected chi connectivity index (χ0v) is 14.4. The number of amides is 3. The van der Waals surface area contributed by atoms with E-state index in [1.165, 1.54) is 16.7 Å². The molecule has 24 heavy (non-hydrogen) atoms. The van der Waals surface area contributed by atoms with Gasteiger partial charge in [-0.2, -0.15) is 0 Å². The third-order valence-electron chi connectivity index (χ3n) is 3.42. The number of aromatic nitrogens is 1. The van der Waals surface area contributed by atoms with E-state index >= 15 is 0 Å². The van der Waals surface area contributed by atoms with Crippen LogP contribution in [0.3, 0.4) is 0 Å². The summed E-state index contributed by atoms with van der Waals surface area (Å²) in [5, 5.41) is 4.31. The van der Waals surface area contributed by atoms with E-state index in [0.717, 1.165) is 27.7 Å². The van der Waals surface area contributed by atoms with Crippen LogP contribution in [0.1, 0.15) is 0 Å². The number of thioether (sulfide) groups is 2. The van der Waals surface area contributed by atoms with Gasteiger partial charge < -0.3 is 5.32 Å². The van der Waals surface area contributed by atoms with Crippen LogP contribution >= 0.6 is 23.5 Å². The summed E-state index contributed by atoms with van der Waals surface area (Å²) < 4.78 is 0. The van der Waals surface area contributed by atoms with E-state index < -0.39 is 0 Å². The molecule has 1 saturated heterocycles. The van der Waals surface area contributed by atoms with E-state index in [9.17, 15) is 14.4 Å². The van der Waals surface area contributed by atoms with Crippen molar-refractivity contribution in [2.45, 2.75) is 5.03 Å². The molecule has 0 atom stereocenters. The van der Waals surface area contributed by atoms with Crippen molar-refractivity contribution in [1.82, 2.24) is 15.2 Å². The minimum atomic E-state index is -0.246. The molecular formula is C16H15N3O3S2. The molecule has 2 heterocycles. The van der Waals surface area contributed by atoms with Crippen molar-refractivity contribution < 1.29 is 14.4 Å². The number of para-hydroxylation sites is 1. The van der Waals surface area contributed by atoms with Gasteiger partial charge in [-0.3, -0.25) is 19.3 Å². The van der Waals surface area contributed by atoms with Crippen LogP contribution in [0, 0.1) is 0 Å². The maximum absolute atomic E-state index is 11.9. The minimum Gasteiger partial charge on any atom is -0.354 e. The first-order valence-corrected chi connectivity index (χ1v) is 9.33.